The van der Waals surface area contributed by atoms with E-state index in [4.69, 9.17) is 22.1 Å². The van der Waals surface area contributed by atoms with Gasteiger partial charge in [-0.05, 0) is 46.1 Å². The lowest BCUT2D eigenvalue weighted by atomic mass is 10.1. The lowest BCUT2D eigenvalue weighted by molar-refractivity contribution is 0.0948. The van der Waals surface area contributed by atoms with Gasteiger partial charge >= 0.3 is 0 Å². The lowest BCUT2D eigenvalue weighted by Gasteiger charge is -2.09. The van der Waals surface area contributed by atoms with E-state index < -0.39 is 11.7 Å². The van der Waals surface area contributed by atoms with E-state index >= 15 is 0 Å². The molecule has 0 radical (unpaired) electrons. The van der Waals surface area contributed by atoms with Crippen LogP contribution < -0.4 is 15.9 Å². The average molecular weight is 499 g/mol. The van der Waals surface area contributed by atoms with Crippen molar-refractivity contribution in [1.82, 2.24) is 30.7 Å². The van der Waals surface area contributed by atoms with Crippen molar-refractivity contribution in [3.8, 4) is 11.6 Å². The van der Waals surface area contributed by atoms with Crippen molar-refractivity contribution >= 4 is 29.5 Å². The number of ether oxygens (including phenoxy) is 1. The first-order valence-corrected chi connectivity index (χ1v) is 10.8. The molecule has 35 heavy (non-hydrogen) atoms. The van der Waals surface area contributed by atoms with Crippen LogP contribution in [0.1, 0.15) is 47.1 Å². The normalized spacial score (nSPS) is 11.3. The van der Waals surface area contributed by atoms with E-state index in [9.17, 15) is 9.18 Å². The summed E-state index contributed by atoms with van der Waals surface area (Å²) in [6.07, 6.45) is 1.43. The molecule has 0 spiro atoms. The molecular formula is C22H20ClFN8O3. The zero-order chi connectivity index (χ0) is 24.9. The smallest absolute Gasteiger partial charge is 0.293 e. The molecule has 0 atom stereocenters. The van der Waals surface area contributed by atoms with Crippen LogP contribution in [0.15, 0.2) is 52.2 Å². The number of nitrogens with two attached hydrogens (primary N) is 1. The fourth-order valence-corrected chi connectivity index (χ4v) is 3.41. The van der Waals surface area contributed by atoms with Crippen LogP contribution in [0.5, 0.6) is 5.75 Å². The lowest BCUT2D eigenvalue weighted by Crippen LogP contribution is -2.21. The molecule has 2 heterocycles. The maximum Gasteiger partial charge on any atom is 0.293 e. The van der Waals surface area contributed by atoms with E-state index in [0.29, 0.717) is 17.0 Å². The molecule has 2 aromatic heterocycles. The highest BCUT2D eigenvalue weighted by atomic mass is 35.5. The first-order valence-electron chi connectivity index (χ1n) is 10.4. The molecule has 3 N–H and O–H groups in total. The first-order chi connectivity index (χ1) is 16.8. The zero-order valence-electron chi connectivity index (χ0n) is 18.6. The number of hydrogen-bond acceptors (Lipinski definition) is 9. The molecule has 0 saturated carbocycles. The van der Waals surface area contributed by atoms with E-state index in [1.54, 1.807) is 30.3 Å². The number of nitrogens with one attached hydrogen (secondary N) is 1. The highest BCUT2D eigenvalue weighted by Crippen LogP contribution is 2.23. The van der Waals surface area contributed by atoms with Gasteiger partial charge in [-0.1, -0.05) is 48.9 Å². The summed E-state index contributed by atoms with van der Waals surface area (Å²) in [5, 5.41) is 19.4. The molecule has 4 aromatic rings. The molecule has 0 unspecified atom stereocenters. The van der Waals surface area contributed by atoms with Crippen molar-refractivity contribution in [2.45, 2.75) is 26.4 Å². The summed E-state index contributed by atoms with van der Waals surface area (Å²) in [7, 11) is 0. The Balaban J connectivity index is 1.44. The maximum absolute atomic E-state index is 13.9. The molecule has 0 bridgehead atoms. The van der Waals surface area contributed by atoms with Crippen molar-refractivity contribution in [3.05, 3.63) is 75.8 Å². The van der Waals surface area contributed by atoms with Crippen LogP contribution in [0, 0.1) is 5.82 Å². The number of rotatable bonds is 8. The number of benzene rings is 2. The van der Waals surface area contributed by atoms with E-state index in [-0.39, 0.29) is 40.4 Å². The van der Waals surface area contributed by atoms with Gasteiger partial charge in [-0.3, -0.25) is 4.79 Å². The minimum absolute atomic E-state index is 0.0150. The SMILES string of the molecule is CC(C)c1c(C(=O)N/N=C/c2cccc(OCc3c(F)cccc3Cl)c2)nnn1-c1nonc1N. The van der Waals surface area contributed by atoms with Gasteiger partial charge < -0.3 is 10.5 Å². The monoisotopic (exact) mass is 498 g/mol. The number of amides is 1. The van der Waals surface area contributed by atoms with Crippen molar-refractivity contribution in [1.29, 1.82) is 0 Å². The standard InChI is InChI=1S/C22H20ClFN8O3/c1-12(2)19-18(27-31-32(19)21-20(25)29-35-30-21)22(33)28-26-10-13-5-3-6-14(9-13)34-11-15-16(23)7-4-8-17(15)24/h3-10,12H,11H2,1-2H3,(H2,25,29)(H,28,33)/b26-10+. The maximum atomic E-state index is 13.9. The fourth-order valence-electron chi connectivity index (χ4n) is 3.19. The van der Waals surface area contributed by atoms with Crippen LogP contribution in [0.2, 0.25) is 5.02 Å². The molecular weight excluding hydrogens is 479 g/mol. The van der Waals surface area contributed by atoms with Gasteiger partial charge in [0.25, 0.3) is 5.91 Å². The van der Waals surface area contributed by atoms with Gasteiger partial charge in [0.1, 0.15) is 18.2 Å². The molecule has 4 rings (SSSR count). The summed E-state index contributed by atoms with van der Waals surface area (Å²) in [6.45, 7) is 3.68. The predicted octanol–water partition coefficient (Wildman–Crippen LogP) is 3.49. The van der Waals surface area contributed by atoms with Gasteiger partial charge in [0.15, 0.2) is 5.69 Å². The third-order valence-corrected chi connectivity index (χ3v) is 5.20. The van der Waals surface area contributed by atoms with Gasteiger partial charge in [0.2, 0.25) is 11.6 Å². The van der Waals surface area contributed by atoms with Crippen LogP contribution >= 0.6 is 11.6 Å². The molecule has 13 heteroatoms. The summed E-state index contributed by atoms with van der Waals surface area (Å²) in [4.78, 5) is 12.7. The molecule has 11 nitrogen and oxygen atoms in total. The van der Waals surface area contributed by atoms with Crippen molar-refractivity contribution < 1.29 is 18.6 Å². The van der Waals surface area contributed by atoms with Crippen molar-refractivity contribution in [3.63, 3.8) is 0 Å². The topological polar surface area (TPSA) is 146 Å². The number of nitrogens with zero attached hydrogens (tertiary/aromatic N) is 6. The van der Waals surface area contributed by atoms with E-state index in [1.807, 2.05) is 13.8 Å². The highest BCUT2D eigenvalue weighted by Gasteiger charge is 2.25. The Hall–Kier alpha value is -4.32. The second-order valence-electron chi connectivity index (χ2n) is 7.62. The largest absolute Gasteiger partial charge is 0.489 e. The summed E-state index contributed by atoms with van der Waals surface area (Å²) in [5.41, 5.74) is 9.57. The fraction of sp³-hybridized carbons (Fsp3) is 0.182. The minimum atomic E-state index is -0.576. The van der Waals surface area contributed by atoms with Crippen molar-refractivity contribution in [2.24, 2.45) is 5.10 Å². The summed E-state index contributed by atoms with van der Waals surface area (Å²) < 4.78 is 25.5. The van der Waals surface area contributed by atoms with Gasteiger partial charge in [0, 0.05) is 5.56 Å². The molecule has 0 aliphatic heterocycles. The van der Waals surface area contributed by atoms with E-state index in [1.165, 1.54) is 23.0 Å². The van der Waals surface area contributed by atoms with Crippen LogP contribution in [0.25, 0.3) is 5.82 Å². The van der Waals surface area contributed by atoms with Crippen LogP contribution in [-0.4, -0.2) is 37.4 Å². The summed E-state index contributed by atoms with van der Waals surface area (Å²) in [6, 6.07) is 11.3. The third kappa shape index (κ3) is 5.27. The molecule has 0 aliphatic rings. The van der Waals surface area contributed by atoms with Crippen LogP contribution in [-0.2, 0) is 6.61 Å². The summed E-state index contributed by atoms with van der Waals surface area (Å²) in [5.74, 6) is -0.546. The van der Waals surface area contributed by atoms with Crippen molar-refractivity contribution in [2.75, 3.05) is 5.73 Å². The quantitative estimate of drug-likeness (QED) is 0.277. The molecule has 0 aliphatic carbocycles. The number of carbonyl (C=O) groups is 1. The van der Waals surface area contributed by atoms with Gasteiger partial charge in [-0.25, -0.2) is 14.4 Å². The Morgan fingerprint density at radius 1 is 1.31 bits per heavy atom. The number of anilines is 1. The molecule has 180 valence electrons. The molecule has 0 fully saturated rings. The molecule has 0 saturated heterocycles. The highest BCUT2D eigenvalue weighted by molar-refractivity contribution is 6.31. The van der Waals surface area contributed by atoms with Gasteiger partial charge in [-0.2, -0.15) is 9.78 Å². The minimum Gasteiger partial charge on any atom is -0.489 e. The molecule has 2 aromatic carbocycles. The number of aromatic nitrogens is 5. The Morgan fingerprint density at radius 3 is 2.83 bits per heavy atom. The Kier molecular flexibility index (Phi) is 7.01. The number of hydrogen-bond donors (Lipinski definition) is 2. The van der Waals surface area contributed by atoms with Gasteiger partial charge in [-0.15, -0.1) is 5.10 Å². The predicted molar refractivity (Wildman–Crippen MR) is 125 cm³/mol. The molecule has 1 amide bonds. The third-order valence-electron chi connectivity index (χ3n) is 4.85. The second kappa shape index (κ2) is 10.3. The van der Waals surface area contributed by atoms with E-state index in [2.05, 4.69) is 35.8 Å². The zero-order valence-corrected chi connectivity index (χ0v) is 19.4. The van der Waals surface area contributed by atoms with Crippen LogP contribution in [0.4, 0.5) is 10.2 Å². The average Bonchev–Trinajstić information content (AvgIpc) is 3.45. The van der Waals surface area contributed by atoms with Gasteiger partial charge in [0.05, 0.1) is 16.9 Å². The Bertz CT molecular complexity index is 1360. The Morgan fingerprint density at radius 2 is 2.11 bits per heavy atom. The van der Waals surface area contributed by atoms with E-state index in [0.717, 1.165) is 0 Å². The first kappa shape index (κ1) is 23.8. The number of carbonyl (C=O) groups excluding carboxylic acids is 1. The number of hydrazone groups is 1. The number of halogens is 2. The second-order valence-corrected chi connectivity index (χ2v) is 8.03. The Labute approximate surface area is 203 Å². The van der Waals surface area contributed by atoms with Crippen LogP contribution in [0.3, 0.4) is 0 Å². The number of nitrogen functional groups attached to an aromatic ring is 1. The summed E-state index contributed by atoms with van der Waals surface area (Å²) >= 11 is 6.03.